The molecule has 1 N–H and O–H groups in total. The van der Waals surface area contributed by atoms with E-state index in [-0.39, 0.29) is 12.4 Å². The number of nitrogens with zero attached hydrogens (tertiary/aromatic N) is 2. The fourth-order valence-electron chi connectivity index (χ4n) is 1.26. The lowest BCUT2D eigenvalue weighted by atomic mass is 10.2. The Morgan fingerprint density at radius 2 is 2.27 bits per heavy atom. The van der Waals surface area contributed by atoms with Gasteiger partial charge in [-0.15, -0.1) is 12.4 Å². The van der Waals surface area contributed by atoms with E-state index in [1.54, 1.807) is 6.07 Å². The summed E-state index contributed by atoms with van der Waals surface area (Å²) >= 11 is 1.47. The lowest BCUT2D eigenvalue weighted by Gasteiger charge is -2.04. The second kappa shape index (κ2) is 5.09. The van der Waals surface area contributed by atoms with Gasteiger partial charge in [0.25, 0.3) is 0 Å². The van der Waals surface area contributed by atoms with Crippen molar-refractivity contribution in [3.63, 3.8) is 0 Å². The summed E-state index contributed by atoms with van der Waals surface area (Å²) in [5.74, 6) is 0. The highest BCUT2D eigenvalue weighted by Crippen LogP contribution is 2.09. The molecule has 3 nitrogen and oxygen atoms in total. The molecule has 2 aromatic rings. The van der Waals surface area contributed by atoms with Gasteiger partial charge in [-0.3, -0.25) is 5.41 Å². The number of aromatic nitrogens is 2. The van der Waals surface area contributed by atoms with E-state index >= 15 is 0 Å². The number of hydrogen-bond donors (Lipinski definition) is 1. The van der Waals surface area contributed by atoms with Gasteiger partial charge in [0.1, 0.15) is 5.49 Å². The maximum absolute atomic E-state index is 7.69. The van der Waals surface area contributed by atoms with E-state index in [9.17, 15) is 0 Å². The van der Waals surface area contributed by atoms with Crippen LogP contribution in [0.1, 0.15) is 11.3 Å². The Labute approximate surface area is 98.5 Å². The average Bonchev–Trinajstić information content (AvgIpc) is 2.56. The van der Waals surface area contributed by atoms with E-state index in [1.165, 1.54) is 17.1 Å². The van der Waals surface area contributed by atoms with Crippen LogP contribution >= 0.6 is 23.9 Å². The van der Waals surface area contributed by atoms with Crippen molar-refractivity contribution in [3.05, 3.63) is 46.5 Å². The molecule has 0 fully saturated rings. The number of hydrogen-bond acceptors (Lipinski definition) is 3. The molecule has 0 radical (unpaired) electrons. The molecule has 15 heavy (non-hydrogen) atoms. The lowest BCUT2D eigenvalue weighted by molar-refractivity contribution is 0.728. The second-order valence-electron chi connectivity index (χ2n) is 3.14. The Kier molecular flexibility index (Phi) is 4.05. The van der Waals surface area contributed by atoms with Crippen LogP contribution < -0.4 is 5.49 Å². The van der Waals surface area contributed by atoms with Gasteiger partial charge < -0.3 is 4.57 Å². The molecule has 0 saturated carbocycles. The molecule has 0 spiro atoms. The van der Waals surface area contributed by atoms with E-state index < -0.39 is 0 Å². The summed E-state index contributed by atoms with van der Waals surface area (Å²) < 4.78 is 6.11. The van der Waals surface area contributed by atoms with Crippen molar-refractivity contribution >= 4 is 23.9 Å². The smallest absolute Gasteiger partial charge is 0.124 e. The first-order valence-electron chi connectivity index (χ1n) is 4.37. The first-order chi connectivity index (χ1) is 6.77. The highest BCUT2D eigenvalue weighted by atomic mass is 35.5. The molecule has 0 amide bonds. The van der Waals surface area contributed by atoms with Crippen molar-refractivity contribution in [2.45, 2.75) is 13.5 Å². The van der Waals surface area contributed by atoms with E-state index in [0.717, 1.165) is 12.2 Å². The summed E-state index contributed by atoms with van der Waals surface area (Å²) in [7, 11) is 0. The van der Waals surface area contributed by atoms with Gasteiger partial charge in [-0.25, -0.2) is 0 Å². The highest BCUT2D eigenvalue weighted by Gasteiger charge is 2.01. The topological polar surface area (TPSA) is 41.7 Å². The fraction of sp³-hybridized carbons (Fsp3) is 0.200. The summed E-state index contributed by atoms with van der Waals surface area (Å²) in [6, 6.07) is 5.60. The Hall–Kier alpha value is -1.13. The van der Waals surface area contributed by atoms with Gasteiger partial charge in [-0.2, -0.15) is 4.37 Å². The Morgan fingerprint density at radius 3 is 2.87 bits per heavy atom. The number of halogens is 1. The molecule has 80 valence electrons. The molecular weight excluding hydrogens is 230 g/mol. The van der Waals surface area contributed by atoms with Crippen LogP contribution in [0.15, 0.2) is 29.8 Å². The van der Waals surface area contributed by atoms with Crippen LogP contribution in [0, 0.1) is 12.3 Å². The minimum absolute atomic E-state index is 0. The Balaban J connectivity index is 0.00000112. The maximum atomic E-state index is 7.69. The number of pyridine rings is 1. The predicted octanol–water partition coefficient (Wildman–Crippen LogP) is 2.20. The van der Waals surface area contributed by atoms with Crippen molar-refractivity contribution in [1.82, 2.24) is 8.94 Å². The standard InChI is InChI=1S/C10H11N3S.ClH/c1-8-9(7-14-12-8)6-13-5-3-2-4-10(13)11;/h2-5,7,11H,6H2,1H3;1H. The molecular formula is C10H12ClN3S. The van der Waals surface area contributed by atoms with Gasteiger partial charge in [0, 0.05) is 17.1 Å². The first kappa shape index (κ1) is 11.9. The summed E-state index contributed by atoms with van der Waals surface area (Å²) in [5.41, 5.74) is 2.78. The Bertz CT molecular complexity index is 489. The molecule has 0 aliphatic heterocycles. The molecule has 2 heterocycles. The van der Waals surface area contributed by atoms with E-state index in [4.69, 9.17) is 5.41 Å². The third-order valence-electron chi connectivity index (χ3n) is 2.13. The molecule has 0 saturated heterocycles. The van der Waals surface area contributed by atoms with Crippen molar-refractivity contribution in [2.75, 3.05) is 0 Å². The van der Waals surface area contributed by atoms with Crippen LogP contribution in [0.2, 0.25) is 0 Å². The van der Waals surface area contributed by atoms with E-state index in [1.807, 2.05) is 35.2 Å². The molecule has 0 aliphatic carbocycles. The second-order valence-corrected chi connectivity index (χ2v) is 3.77. The van der Waals surface area contributed by atoms with Gasteiger partial charge in [0.2, 0.25) is 0 Å². The third kappa shape index (κ3) is 2.67. The van der Waals surface area contributed by atoms with Gasteiger partial charge in [0.15, 0.2) is 0 Å². The summed E-state index contributed by atoms with van der Waals surface area (Å²) in [4.78, 5) is 0. The van der Waals surface area contributed by atoms with E-state index in [2.05, 4.69) is 4.37 Å². The molecule has 0 aromatic carbocycles. The molecule has 0 aliphatic rings. The molecule has 5 heteroatoms. The minimum Gasteiger partial charge on any atom is -0.329 e. The molecule has 0 bridgehead atoms. The molecule has 0 unspecified atom stereocenters. The van der Waals surface area contributed by atoms with Gasteiger partial charge in [0.05, 0.1) is 12.2 Å². The highest BCUT2D eigenvalue weighted by molar-refractivity contribution is 7.03. The van der Waals surface area contributed by atoms with Crippen molar-refractivity contribution in [3.8, 4) is 0 Å². The van der Waals surface area contributed by atoms with Crippen molar-refractivity contribution in [1.29, 1.82) is 5.41 Å². The maximum Gasteiger partial charge on any atom is 0.124 e. The summed E-state index contributed by atoms with van der Waals surface area (Å²) in [6.45, 7) is 2.74. The molecule has 0 atom stereocenters. The number of nitrogens with one attached hydrogen (secondary N) is 1. The van der Waals surface area contributed by atoms with Crippen LogP contribution in [0.3, 0.4) is 0 Å². The van der Waals surface area contributed by atoms with Gasteiger partial charge in [-0.05, 0) is 30.6 Å². The molecule has 2 aromatic heterocycles. The predicted molar refractivity (Wildman–Crippen MR) is 63.5 cm³/mol. The fourth-order valence-corrected chi connectivity index (χ4v) is 1.96. The largest absolute Gasteiger partial charge is 0.329 e. The van der Waals surface area contributed by atoms with Crippen LogP contribution in [0.5, 0.6) is 0 Å². The van der Waals surface area contributed by atoms with Gasteiger partial charge in [-0.1, -0.05) is 6.07 Å². The number of aryl methyl sites for hydroxylation is 1. The van der Waals surface area contributed by atoms with Gasteiger partial charge >= 0.3 is 0 Å². The SMILES string of the molecule is Cc1nscc1Cn1ccccc1=N.Cl. The third-order valence-corrected chi connectivity index (χ3v) is 2.90. The average molecular weight is 242 g/mol. The van der Waals surface area contributed by atoms with Crippen molar-refractivity contribution in [2.24, 2.45) is 0 Å². The van der Waals surface area contributed by atoms with E-state index in [0.29, 0.717) is 5.49 Å². The van der Waals surface area contributed by atoms with Crippen LogP contribution in [-0.4, -0.2) is 8.94 Å². The summed E-state index contributed by atoms with van der Waals surface area (Å²) in [5, 5.41) is 9.73. The minimum atomic E-state index is 0. The van der Waals surface area contributed by atoms with Crippen LogP contribution in [0.4, 0.5) is 0 Å². The monoisotopic (exact) mass is 241 g/mol. The van der Waals surface area contributed by atoms with Crippen LogP contribution in [0.25, 0.3) is 0 Å². The normalized spacial score (nSPS) is 9.67. The molecule has 2 rings (SSSR count). The first-order valence-corrected chi connectivity index (χ1v) is 5.21. The summed E-state index contributed by atoms with van der Waals surface area (Å²) in [6.07, 6.45) is 1.92. The number of rotatable bonds is 2. The zero-order valence-corrected chi connectivity index (χ0v) is 9.94. The Morgan fingerprint density at radius 1 is 1.47 bits per heavy atom. The lowest BCUT2D eigenvalue weighted by Crippen LogP contribution is -2.18. The van der Waals surface area contributed by atoms with Crippen molar-refractivity contribution < 1.29 is 0 Å². The quantitative estimate of drug-likeness (QED) is 0.861. The zero-order chi connectivity index (χ0) is 9.97. The zero-order valence-electron chi connectivity index (χ0n) is 8.30. The van der Waals surface area contributed by atoms with Crippen LogP contribution in [-0.2, 0) is 6.54 Å².